The molecule has 0 N–H and O–H groups in total. The van der Waals surface area contributed by atoms with Crippen LogP contribution >= 0.6 is 0 Å². The maximum absolute atomic E-state index is 5.16. The fourth-order valence-electron chi connectivity index (χ4n) is 7.60. The Balaban J connectivity index is 1.30. The van der Waals surface area contributed by atoms with Gasteiger partial charge in [0.1, 0.15) is 0 Å². The van der Waals surface area contributed by atoms with Crippen molar-refractivity contribution in [1.82, 2.24) is 19.5 Å². The second-order valence-electron chi connectivity index (χ2n) is 12.4. The van der Waals surface area contributed by atoms with Gasteiger partial charge in [-0.05, 0) is 56.8 Å². The molecular weight excluding hydrogens is 585 g/mol. The van der Waals surface area contributed by atoms with E-state index in [9.17, 15) is 0 Å². The lowest BCUT2D eigenvalue weighted by Crippen LogP contribution is -2.06. The molecule has 4 heteroatoms. The SMILES string of the molecule is c1ccc(-c2nc(-c3ccccc3)nc(-n3c4ccccc4c4cc5c(cc43)C(c3ccccc3)c3ccc4ccccc4c3-5)n2)cc1. The van der Waals surface area contributed by atoms with Crippen LogP contribution in [-0.4, -0.2) is 19.5 Å². The standard InChI is InChI=1S/C44H28N4/c1-4-15-29(16-5-1)40-34-25-24-28-14-10-11-21-32(28)41(34)36-26-35-33-22-12-13-23-38(33)48(39(35)27-37(36)40)44-46-42(30-17-6-2-7-18-30)45-43(47-44)31-19-8-3-9-20-31/h1-27,40H. The first-order chi connectivity index (χ1) is 23.8. The van der Waals surface area contributed by atoms with Gasteiger partial charge in [-0.25, -0.2) is 4.98 Å². The van der Waals surface area contributed by atoms with E-state index in [2.05, 4.69) is 132 Å². The molecule has 0 spiro atoms. The molecule has 10 rings (SSSR count). The van der Waals surface area contributed by atoms with E-state index in [-0.39, 0.29) is 5.92 Å². The summed E-state index contributed by atoms with van der Waals surface area (Å²) < 4.78 is 2.23. The van der Waals surface area contributed by atoms with E-state index in [0.717, 1.165) is 22.2 Å². The van der Waals surface area contributed by atoms with Crippen LogP contribution in [-0.2, 0) is 0 Å². The number of hydrogen-bond acceptors (Lipinski definition) is 3. The number of para-hydroxylation sites is 1. The quantitative estimate of drug-likeness (QED) is 0.199. The Morgan fingerprint density at radius 3 is 1.75 bits per heavy atom. The average Bonchev–Trinajstić information content (AvgIpc) is 3.67. The van der Waals surface area contributed by atoms with Crippen molar-refractivity contribution in [2.75, 3.05) is 0 Å². The zero-order valence-electron chi connectivity index (χ0n) is 26.0. The van der Waals surface area contributed by atoms with Gasteiger partial charge < -0.3 is 0 Å². The Morgan fingerprint density at radius 2 is 1.04 bits per heavy atom. The molecule has 9 aromatic rings. The minimum absolute atomic E-state index is 0.106. The topological polar surface area (TPSA) is 43.6 Å². The van der Waals surface area contributed by atoms with Crippen molar-refractivity contribution in [3.63, 3.8) is 0 Å². The summed E-state index contributed by atoms with van der Waals surface area (Å²) in [6, 6.07) is 58.0. The molecule has 2 heterocycles. The van der Waals surface area contributed by atoms with Crippen molar-refractivity contribution in [2.45, 2.75) is 5.92 Å². The highest BCUT2D eigenvalue weighted by atomic mass is 15.2. The third kappa shape index (κ3) is 4.06. The molecular formula is C44H28N4. The van der Waals surface area contributed by atoms with E-state index in [1.165, 1.54) is 49.4 Å². The van der Waals surface area contributed by atoms with E-state index in [1.807, 2.05) is 36.4 Å². The van der Waals surface area contributed by atoms with Crippen LogP contribution in [0.15, 0.2) is 164 Å². The summed E-state index contributed by atoms with van der Waals surface area (Å²) in [5.74, 6) is 2.00. The van der Waals surface area contributed by atoms with Gasteiger partial charge in [0, 0.05) is 27.8 Å². The minimum Gasteiger partial charge on any atom is -0.278 e. The normalized spacial score (nSPS) is 13.6. The average molecular weight is 613 g/mol. The molecule has 1 atom stereocenters. The molecule has 0 aliphatic heterocycles. The summed E-state index contributed by atoms with van der Waals surface area (Å²) in [5.41, 5.74) is 10.6. The van der Waals surface area contributed by atoms with Gasteiger partial charge in [-0.2, -0.15) is 9.97 Å². The van der Waals surface area contributed by atoms with Crippen LogP contribution in [0.25, 0.3) is 72.4 Å². The molecule has 1 aliphatic carbocycles. The Hall–Kier alpha value is -6.39. The van der Waals surface area contributed by atoms with E-state index in [0.29, 0.717) is 17.6 Å². The second kappa shape index (κ2) is 10.6. The maximum Gasteiger partial charge on any atom is 0.238 e. The van der Waals surface area contributed by atoms with Crippen LogP contribution in [0.2, 0.25) is 0 Å². The van der Waals surface area contributed by atoms with Crippen molar-refractivity contribution in [1.29, 1.82) is 0 Å². The lowest BCUT2D eigenvalue weighted by atomic mass is 9.88. The summed E-state index contributed by atoms with van der Waals surface area (Å²) in [5, 5.41) is 4.89. The fourth-order valence-corrected chi connectivity index (χ4v) is 7.60. The predicted octanol–water partition coefficient (Wildman–Crippen LogP) is 10.6. The van der Waals surface area contributed by atoms with Gasteiger partial charge in [-0.1, -0.05) is 146 Å². The smallest absolute Gasteiger partial charge is 0.238 e. The van der Waals surface area contributed by atoms with E-state index < -0.39 is 0 Å². The van der Waals surface area contributed by atoms with Crippen LogP contribution in [0, 0.1) is 0 Å². The molecule has 2 aromatic heterocycles. The molecule has 4 nitrogen and oxygen atoms in total. The Kier molecular flexibility index (Phi) is 5.90. The number of benzene rings is 7. The van der Waals surface area contributed by atoms with E-state index in [4.69, 9.17) is 15.0 Å². The largest absolute Gasteiger partial charge is 0.278 e. The zero-order valence-corrected chi connectivity index (χ0v) is 26.0. The molecule has 0 saturated heterocycles. The summed E-state index contributed by atoms with van der Waals surface area (Å²) in [7, 11) is 0. The third-order valence-electron chi connectivity index (χ3n) is 9.72. The lowest BCUT2D eigenvalue weighted by Gasteiger charge is -2.15. The molecule has 1 unspecified atom stereocenters. The van der Waals surface area contributed by atoms with Gasteiger partial charge >= 0.3 is 0 Å². The third-order valence-corrected chi connectivity index (χ3v) is 9.72. The fraction of sp³-hybridized carbons (Fsp3) is 0.0227. The molecule has 0 saturated carbocycles. The van der Waals surface area contributed by atoms with Gasteiger partial charge in [-0.3, -0.25) is 4.57 Å². The first kappa shape index (κ1) is 26.8. The minimum atomic E-state index is 0.106. The number of fused-ring (bicyclic) bond motifs is 8. The maximum atomic E-state index is 5.16. The van der Waals surface area contributed by atoms with E-state index in [1.54, 1.807) is 0 Å². The highest BCUT2D eigenvalue weighted by Gasteiger charge is 2.33. The van der Waals surface area contributed by atoms with Gasteiger partial charge in [0.05, 0.1) is 11.0 Å². The second-order valence-corrected chi connectivity index (χ2v) is 12.4. The zero-order chi connectivity index (χ0) is 31.6. The summed E-state index contributed by atoms with van der Waals surface area (Å²) in [6.07, 6.45) is 0. The van der Waals surface area contributed by atoms with Crippen LogP contribution in [0.1, 0.15) is 22.6 Å². The number of rotatable bonds is 4. The van der Waals surface area contributed by atoms with Gasteiger partial charge in [-0.15, -0.1) is 0 Å². The van der Waals surface area contributed by atoms with Crippen LogP contribution in [0.3, 0.4) is 0 Å². The molecule has 7 aromatic carbocycles. The highest BCUT2D eigenvalue weighted by molar-refractivity contribution is 6.13. The summed E-state index contributed by atoms with van der Waals surface area (Å²) >= 11 is 0. The number of hydrogen-bond donors (Lipinski definition) is 0. The van der Waals surface area contributed by atoms with Crippen molar-refractivity contribution < 1.29 is 0 Å². The van der Waals surface area contributed by atoms with Crippen molar-refractivity contribution in [3.8, 4) is 39.9 Å². The van der Waals surface area contributed by atoms with Crippen molar-refractivity contribution in [2.24, 2.45) is 0 Å². The first-order valence-corrected chi connectivity index (χ1v) is 16.3. The molecule has 0 fully saturated rings. The molecule has 0 radical (unpaired) electrons. The first-order valence-electron chi connectivity index (χ1n) is 16.3. The lowest BCUT2D eigenvalue weighted by molar-refractivity contribution is 0.951. The summed E-state index contributed by atoms with van der Waals surface area (Å²) in [4.78, 5) is 15.3. The van der Waals surface area contributed by atoms with Gasteiger partial charge in [0.2, 0.25) is 5.95 Å². The Labute approximate surface area is 277 Å². The summed E-state index contributed by atoms with van der Waals surface area (Å²) in [6.45, 7) is 0. The molecule has 224 valence electrons. The predicted molar refractivity (Wildman–Crippen MR) is 195 cm³/mol. The Morgan fingerprint density at radius 1 is 0.438 bits per heavy atom. The number of nitrogens with zero attached hydrogens (tertiary/aromatic N) is 4. The van der Waals surface area contributed by atoms with Crippen LogP contribution in [0.4, 0.5) is 0 Å². The monoisotopic (exact) mass is 612 g/mol. The number of aromatic nitrogens is 4. The van der Waals surface area contributed by atoms with Gasteiger partial charge in [0.15, 0.2) is 11.6 Å². The van der Waals surface area contributed by atoms with Crippen molar-refractivity contribution >= 4 is 32.6 Å². The Bertz CT molecular complexity index is 2600. The van der Waals surface area contributed by atoms with Crippen LogP contribution in [0.5, 0.6) is 0 Å². The molecule has 48 heavy (non-hydrogen) atoms. The van der Waals surface area contributed by atoms with Gasteiger partial charge in [0.25, 0.3) is 0 Å². The van der Waals surface area contributed by atoms with Crippen LogP contribution < -0.4 is 0 Å². The van der Waals surface area contributed by atoms with E-state index >= 15 is 0 Å². The molecule has 0 amide bonds. The van der Waals surface area contributed by atoms with Crippen molar-refractivity contribution in [3.05, 3.63) is 180 Å². The molecule has 1 aliphatic rings. The highest BCUT2D eigenvalue weighted by Crippen LogP contribution is 2.52. The molecule has 0 bridgehead atoms.